The van der Waals surface area contributed by atoms with Gasteiger partial charge in [0, 0.05) is 12.6 Å². The van der Waals surface area contributed by atoms with Gasteiger partial charge in [-0.25, -0.2) is 0 Å². The van der Waals surface area contributed by atoms with E-state index in [1.807, 2.05) is 0 Å². The molecule has 0 aliphatic heterocycles. The van der Waals surface area contributed by atoms with Gasteiger partial charge in [0.1, 0.15) is 0 Å². The van der Waals surface area contributed by atoms with E-state index in [1.165, 1.54) is 32.1 Å². The second-order valence-electron chi connectivity index (χ2n) is 5.19. The van der Waals surface area contributed by atoms with E-state index in [0.717, 1.165) is 6.54 Å². The Kier molecular flexibility index (Phi) is 5.62. The largest absolute Gasteiger partial charge is 0.392 e. The molecule has 0 amide bonds. The minimum Gasteiger partial charge on any atom is -0.392 e. The molecule has 0 heterocycles. The Balaban J connectivity index is 2.17. The molecule has 15 heavy (non-hydrogen) atoms. The average molecular weight is 213 g/mol. The first kappa shape index (κ1) is 13.0. The Morgan fingerprint density at radius 1 is 1.27 bits per heavy atom. The third kappa shape index (κ3) is 4.12. The number of rotatable bonds is 6. The van der Waals surface area contributed by atoms with Crippen LogP contribution in [0, 0.1) is 11.8 Å². The summed E-state index contributed by atoms with van der Waals surface area (Å²) in [7, 11) is 0. The lowest BCUT2D eigenvalue weighted by Gasteiger charge is -2.24. The predicted octanol–water partition coefficient (Wildman–Crippen LogP) is 2.56. The molecule has 0 spiro atoms. The van der Waals surface area contributed by atoms with Crippen LogP contribution in [-0.4, -0.2) is 23.8 Å². The molecule has 3 unspecified atom stereocenters. The summed E-state index contributed by atoms with van der Waals surface area (Å²) < 4.78 is 0. The zero-order chi connectivity index (χ0) is 11.3. The van der Waals surface area contributed by atoms with Gasteiger partial charge in [-0.15, -0.1) is 0 Å². The van der Waals surface area contributed by atoms with Gasteiger partial charge >= 0.3 is 0 Å². The first-order valence-corrected chi connectivity index (χ1v) is 6.56. The summed E-state index contributed by atoms with van der Waals surface area (Å²) in [6.45, 7) is 7.47. The number of aliphatic hydroxyl groups is 1. The topological polar surface area (TPSA) is 32.3 Å². The lowest BCUT2D eigenvalue weighted by Crippen LogP contribution is -2.39. The molecule has 2 N–H and O–H groups in total. The summed E-state index contributed by atoms with van der Waals surface area (Å²) in [6, 6.07) is 0.519. The molecular formula is C13H27NO. The molecule has 1 aliphatic carbocycles. The smallest absolute Gasteiger partial charge is 0.0692 e. The second-order valence-corrected chi connectivity index (χ2v) is 5.19. The molecule has 1 saturated carbocycles. The third-order valence-corrected chi connectivity index (χ3v) is 4.09. The maximum atomic E-state index is 9.99. The highest BCUT2D eigenvalue weighted by atomic mass is 16.3. The molecule has 90 valence electrons. The Bertz CT molecular complexity index is 166. The van der Waals surface area contributed by atoms with Crippen LogP contribution in [0.25, 0.3) is 0 Å². The molecule has 2 heteroatoms. The molecule has 3 atom stereocenters. The zero-order valence-corrected chi connectivity index (χ0v) is 10.5. The highest BCUT2D eigenvalue weighted by Crippen LogP contribution is 2.27. The van der Waals surface area contributed by atoms with Crippen LogP contribution in [0.3, 0.4) is 0 Å². The van der Waals surface area contributed by atoms with E-state index < -0.39 is 0 Å². The fourth-order valence-corrected chi connectivity index (χ4v) is 2.37. The molecule has 1 fully saturated rings. The number of hydrogen-bond acceptors (Lipinski definition) is 2. The normalized spacial score (nSPS) is 24.0. The van der Waals surface area contributed by atoms with Gasteiger partial charge < -0.3 is 10.4 Å². The van der Waals surface area contributed by atoms with E-state index in [4.69, 9.17) is 0 Å². The van der Waals surface area contributed by atoms with Crippen LogP contribution in [-0.2, 0) is 0 Å². The molecule has 0 saturated heterocycles. The summed E-state index contributed by atoms with van der Waals surface area (Å²) in [4.78, 5) is 0. The van der Waals surface area contributed by atoms with Crippen molar-refractivity contribution in [2.24, 2.45) is 11.8 Å². The van der Waals surface area contributed by atoms with Gasteiger partial charge in [-0.3, -0.25) is 0 Å². The monoisotopic (exact) mass is 213 g/mol. The van der Waals surface area contributed by atoms with Crippen molar-refractivity contribution in [3.05, 3.63) is 0 Å². The van der Waals surface area contributed by atoms with Crippen LogP contribution in [0.4, 0.5) is 0 Å². The fraction of sp³-hybridized carbons (Fsp3) is 1.00. The van der Waals surface area contributed by atoms with Crippen molar-refractivity contribution in [1.29, 1.82) is 0 Å². The van der Waals surface area contributed by atoms with Gasteiger partial charge in [-0.2, -0.15) is 0 Å². The van der Waals surface area contributed by atoms with Crippen LogP contribution in [0.2, 0.25) is 0 Å². The highest BCUT2D eigenvalue weighted by Gasteiger charge is 2.23. The number of hydrogen-bond donors (Lipinski definition) is 2. The molecular weight excluding hydrogens is 186 g/mol. The SMILES string of the molecule is CCC(C)C(C)NCC(O)C1CCCC1. The predicted molar refractivity (Wildman–Crippen MR) is 64.9 cm³/mol. The maximum Gasteiger partial charge on any atom is 0.0692 e. The number of aliphatic hydroxyl groups excluding tert-OH is 1. The van der Waals surface area contributed by atoms with E-state index in [1.54, 1.807) is 0 Å². The van der Waals surface area contributed by atoms with E-state index >= 15 is 0 Å². The van der Waals surface area contributed by atoms with Crippen molar-refractivity contribution in [2.45, 2.75) is 65.0 Å². The molecule has 0 aromatic rings. The molecule has 0 aromatic carbocycles. The van der Waals surface area contributed by atoms with Crippen molar-refractivity contribution < 1.29 is 5.11 Å². The minimum atomic E-state index is -0.126. The highest BCUT2D eigenvalue weighted by molar-refractivity contribution is 4.78. The Labute approximate surface area is 94.5 Å². The second kappa shape index (κ2) is 6.49. The van der Waals surface area contributed by atoms with Gasteiger partial charge in [-0.1, -0.05) is 33.1 Å². The van der Waals surface area contributed by atoms with E-state index in [9.17, 15) is 5.11 Å². The van der Waals surface area contributed by atoms with Crippen molar-refractivity contribution >= 4 is 0 Å². The van der Waals surface area contributed by atoms with Gasteiger partial charge in [0.2, 0.25) is 0 Å². The molecule has 0 bridgehead atoms. The van der Waals surface area contributed by atoms with Crippen LogP contribution in [0.5, 0.6) is 0 Å². The van der Waals surface area contributed by atoms with Gasteiger partial charge in [0.25, 0.3) is 0 Å². The quantitative estimate of drug-likeness (QED) is 0.711. The van der Waals surface area contributed by atoms with Crippen molar-refractivity contribution in [2.75, 3.05) is 6.54 Å². The van der Waals surface area contributed by atoms with Crippen LogP contribution >= 0.6 is 0 Å². The average Bonchev–Trinajstić information content (AvgIpc) is 2.77. The summed E-state index contributed by atoms with van der Waals surface area (Å²) in [5.41, 5.74) is 0. The first-order valence-electron chi connectivity index (χ1n) is 6.56. The van der Waals surface area contributed by atoms with Crippen molar-refractivity contribution in [3.63, 3.8) is 0 Å². The zero-order valence-electron chi connectivity index (χ0n) is 10.5. The summed E-state index contributed by atoms with van der Waals surface area (Å²) >= 11 is 0. The Morgan fingerprint density at radius 3 is 2.40 bits per heavy atom. The van der Waals surface area contributed by atoms with Crippen molar-refractivity contribution in [1.82, 2.24) is 5.32 Å². The van der Waals surface area contributed by atoms with Gasteiger partial charge in [-0.05, 0) is 31.6 Å². The minimum absolute atomic E-state index is 0.126. The standard InChI is InChI=1S/C13H27NO/c1-4-10(2)11(3)14-9-13(15)12-7-5-6-8-12/h10-15H,4-9H2,1-3H3. The summed E-state index contributed by atoms with van der Waals surface area (Å²) in [6.07, 6.45) is 6.14. The van der Waals surface area contributed by atoms with Crippen molar-refractivity contribution in [3.8, 4) is 0 Å². The van der Waals surface area contributed by atoms with Crippen LogP contribution < -0.4 is 5.32 Å². The molecule has 2 nitrogen and oxygen atoms in total. The first-order chi connectivity index (χ1) is 7.15. The lowest BCUT2D eigenvalue weighted by atomic mass is 9.98. The van der Waals surface area contributed by atoms with E-state index in [0.29, 0.717) is 17.9 Å². The molecule has 1 aliphatic rings. The van der Waals surface area contributed by atoms with Gasteiger partial charge in [0.05, 0.1) is 6.10 Å². The summed E-state index contributed by atoms with van der Waals surface area (Å²) in [5.74, 6) is 1.25. The molecule has 0 radical (unpaired) electrons. The number of nitrogens with one attached hydrogen (secondary N) is 1. The molecule has 0 aromatic heterocycles. The Morgan fingerprint density at radius 2 is 1.87 bits per heavy atom. The third-order valence-electron chi connectivity index (χ3n) is 4.09. The maximum absolute atomic E-state index is 9.99. The van der Waals surface area contributed by atoms with Crippen LogP contribution in [0.1, 0.15) is 52.9 Å². The van der Waals surface area contributed by atoms with E-state index in [-0.39, 0.29) is 6.10 Å². The Hall–Kier alpha value is -0.0800. The molecule has 1 rings (SSSR count). The van der Waals surface area contributed by atoms with Gasteiger partial charge in [0.15, 0.2) is 0 Å². The lowest BCUT2D eigenvalue weighted by molar-refractivity contribution is 0.104. The summed E-state index contributed by atoms with van der Waals surface area (Å²) in [5, 5.41) is 13.4. The van der Waals surface area contributed by atoms with Crippen LogP contribution in [0.15, 0.2) is 0 Å². The van der Waals surface area contributed by atoms with E-state index in [2.05, 4.69) is 26.1 Å². The fourth-order valence-electron chi connectivity index (χ4n) is 2.37.